The van der Waals surface area contributed by atoms with Crippen molar-refractivity contribution in [3.8, 4) is 5.75 Å². The molecule has 5 nitrogen and oxygen atoms in total. The standard InChI is InChI=1S/C20H21ClN2O3/c1-15(24)16-2-6-18(7-3-16)22-10-12-23(13-11-22)20(25)14-26-19-8-4-17(21)5-9-19/h2-9H,10-14H2,1H3. The van der Waals surface area contributed by atoms with Crippen molar-refractivity contribution in [1.82, 2.24) is 4.90 Å². The topological polar surface area (TPSA) is 49.9 Å². The van der Waals surface area contributed by atoms with Gasteiger partial charge < -0.3 is 14.5 Å². The number of hydrogen-bond donors (Lipinski definition) is 0. The van der Waals surface area contributed by atoms with Crippen LogP contribution in [-0.2, 0) is 4.79 Å². The summed E-state index contributed by atoms with van der Waals surface area (Å²) in [7, 11) is 0. The zero-order valence-electron chi connectivity index (χ0n) is 14.7. The lowest BCUT2D eigenvalue weighted by Gasteiger charge is -2.36. The zero-order chi connectivity index (χ0) is 18.5. The summed E-state index contributed by atoms with van der Waals surface area (Å²) in [4.78, 5) is 27.7. The lowest BCUT2D eigenvalue weighted by molar-refractivity contribution is -0.133. The number of amides is 1. The quantitative estimate of drug-likeness (QED) is 0.756. The van der Waals surface area contributed by atoms with Crippen molar-refractivity contribution in [3.05, 3.63) is 59.1 Å². The molecule has 3 rings (SSSR count). The van der Waals surface area contributed by atoms with Gasteiger partial charge in [0.2, 0.25) is 0 Å². The van der Waals surface area contributed by atoms with Crippen LogP contribution in [0.3, 0.4) is 0 Å². The molecule has 2 aromatic carbocycles. The van der Waals surface area contributed by atoms with Crippen molar-refractivity contribution in [2.75, 3.05) is 37.7 Å². The van der Waals surface area contributed by atoms with Crippen molar-refractivity contribution in [2.24, 2.45) is 0 Å². The number of hydrogen-bond acceptors (Lipinski definition) is 4. The Labute approximate surface area is 158 Å². The molecule has 0 aromatic heterocycles. The number of carbonyl (C=O) groups excluding carboxylic acids is 2. The van der Waals surface area contributed by atoms with Crippen molar-refractivity contribution in [3.63, 3.8) is 0 Å². The Bertz CT molecular complexity index is 767. The normalized spacial score (nSPS) is 14.2. The smallest absolute Gasteiger partial charge is 0.260 e. The molecule has 1 amide bonds. The van der Waals surface area contributed by atoms with Crippen LogP contribution in [0.1, 0.15) is 17.3 Å². The highest BCUT2D eigenvalue weighted by Gasteiger charge is 2.21. The van der Waals surface area contributed by atoms with Crippen molar-refractivity contribution < 1.29 is 14.3 Å². The summed E-state index contributed by atoms with van der Waals surface area (Å²) < 4.78 is 5.53. The maximum absolute atomic E-state index is 12.3. The van der Waals surface area contributed by atoms with Gasteiger partial charge in [0.1, 0.15) is 5.75 Å². The monoisotopic (exact) mass is 372 g/mol. The van der Waals surface area contributed by atoms with Crippen LogP contribution in [0, 0.1) is 0 Å². The Morgan fingerprint density at radius 1 is 0.962 bits per heavy atom. The number of Topliss-reactive ketones (excluding diaryl/α,β-unsaturated/α-hetero) is 1. The van der Waals surface area contributed by atoms with E-state index in [1.54, 1.807) is 31.2 Å². The van der Waals surface area contributed by atoms with Crippen molar-refractivity contribution in [2.45, 2.75) is 6.92 Å². The minimum atomic E-state index is -0.0217. The van der Waals surface area contributed by atoms with Crippen LogP contribution in [0.5, 0.6) is 5.75 Å². The van der Waals surface area contributed by atoms with Crippen LogP contribution >= 0.6 is 11.6 Å². The molecule has 0 aliphatic carbocycles. The van der Waals surface area contributed by atoms with Crippen LogP contribution in [0.25, 0.3) is 0 Å². The molecule has 0 radical (unpaired) electrons. The Hall–Kier alpha value is -2.53. The first-order valence-electron chi connectivity index (χ1n) is 8.55. The number of ether oxygens (including phenoxy) is 1. The molecule has 2 aromatic rings. The summed E-state index contributed by atoms with van der Waals surface area (Å²) in [5.74, 6) is 0.672. The molecule has 0 atom stereocenters. The fourth-order valence-corrected chi connectivity index (χ4v) is 3.01. The molecule has 0 spiro atoms. The molecule has 136 valence electrons. The Balaban J connectivity index is 1.48. The molecule has 0 saturated carbocycles. The van der Waals surface area contributed by atoms with E-state index in [-0.39, 0.29) is 18.3 Å². The first-order chi connectivity index (χ1) is 12.5. The van der Waals surface area contributed by atoms with Gasteiger partial charge in [-0.2, -0.15) is 0 Å². The second-order valence-corrected chi connectivity index (χ2v) is 6.65. The maximum Gasteiger partial charge on any atom is 0.260 e. The van der Waals surface area contributed by atoms with E-state index >= 15 is 0 Å². The third-order valence-electron chi connectivity index (χ3n) is 4.45. The molecule has 26 heavy (non-hydrogen) atoms. The molecule has 1 aliphatic heterocycles. The Morgan fingerprint density at radius 3 is 2.15 bits per heavy atom. The highest BCUT2D eigenvalue weighted by atomic mass is 35.5. The molecule has 1 fully saturated rings. The molecule has 1 aliphatic rings. The number of carbonyl (C=O) groups is 2. The predicted molar refractivity (Wildman–Crippen MR) is 102 cm³/mol. The first-order valence-corrected chi connectivity index (χ1v) is 8.93. The van der Waals surface area contributed by atoms with E-state index in [0.717, 1.165) is 18.8 Å². The van der Waals surface area contributed by atoms with Gasteiger partial charge >= 0.3 is 0 Å². The van der Waals surface area contributed by atoms with Gasteiger partial charge in [-0.05, 0) is 55.5 Å². The number of anilines is 1. The molecular formula is C20H21ClN2O3. The number of halogens is 1. The summed E-state index contributed by atoms with van der Waals surface area (Å²) >= 11 is 5.83. The highest BCUT2D eigenvalue weighted by molar-refractivity contribution is 6.30. The number of ketones is 1. The fourth-order valence-electron chi connectivity index (χ4n) is 2.89. The predicted octanol–water partition coefficient (Wildman–Crippen LogP) is 3.27. The average molecular weight is 373 g/mol. The molecule has 0 N–H and O–H groups in total. The van der Waals surface area contributed by atoms with Crippen LogP contribution < -0.4 is 9.64 Å². The third-order valence-corrected chi connectivity index (χ3v) is 4.70. The van der Waals surface area contributed by atoms with Gasteiger partial charge in [-0.25, -0.2) is 0 Å². The van der Waals surface area contributed by atoms with Gasteiger partial charge in [0.05, 0.1) is 0 Å². The van der Waals surface area contributed by atoms with Gasteiger partial charge in [-0.1, -0.05) is 11.6 Å². The summed E-state index contributed by atoms with van der Waals surface area (Å²) in [5, 5.41) is 0.635. The Morgan fingerprint density at radius 2 is 1.58 bits per heavy atom. The van der Waals surface area contributed by atoms with Crippen LogP contribution in [0.2, 0.25) is 5.02 Å². The zero-order valence-corrected chi connectivity index (χ0v) is 15.4. The Kier molecular flexibility index (Phi) is 5.78. The third kappa shape index (κ3) is 4.55. The first kappa shape index (κ1) is 18.3. The average Bonchev–Trinajstić information content (AvgIpc) is 2.67. The lowest BCUT2D eigenvalue weighted by Crippen LogP contribution is -2.50. The van der Waals surface area contributed by atoms with E-state index < -0.39 is 0 Å². The van der Waals surface area contributed by atoms with E-state index in [9.17, 15) is 9.59 Å². The minimum absolute atomic E-state index is 0.0217. The molecular weight excluding hydrogens is 352 g/mol. The van der Waals surface area contributed by atoms with Crippen molar-refractivity contribution >= 4 is 29.0 Å². The van der Waals surface area contributed by atoms with E-state index in [1.807, 2.05) is 29.2 Å². The van der Waals surface area contributed by atoms with Gasteiger partial charge in [0, 0.05) is 42.5 Å². The van der Waals surface area contributed by atoms with E-state index in [4.69, 9.17) is 16.3 Å². The van der Waals surface area contributed by atoms with E-state index in [2.05, 4.69) is 4.90 Å². The maximum atomic E-state index is 12.3. The highest BCUT2D eigenvalue weighted by Crippen LogP contribution is 2.18. The molecule has 1 heterocycles. The number of piperazine rings is 1. The van der Waals surface area contributed by atoms with E-state index in [0.29, 0.717) is 29.4 Å². The molecule has 1 saturated heterocycles. The van der Waals surface area contributed by atoms with Crippen molar-refractivity contribution in [1.29, 1.82) is 0 Å². The number of nitrogens with zero attached hydrogens (tertiary/aromatic N) is 2. The number of benzene rings is 2. The second kappa shape index (κ2) is 8.23. The second-order valence-electron chi connectivity index (χ2n) is 6.21. The largest absolute Gasteiger partial charge is 0.484 e. The summed E-state index contributed by atoms with van der Waals surface area (Å²) in [5.41, 5.74) is 1.78. The van der Waals surface area contributed by atoms with Crippen LogP contribution in [0.4, 0.5) is 5.69 Å². The van der Waals surface area contributed by atoms with Gasteiger partial charge in [-0.3, -0.25) is 9.59 Å². The van der Waals surface area contributed by atoms with Gasteiger partial charge in [0.25, 0.3) is 5.91 Å². The molecule has 0 bridgehead atoms. The van der Waals surface area contributed by atoms with Gasteiger partial charge in [0.15, 0.2) is 12.4 Å². The minimum Gasteiger partial charge on any atom is -0.484 e. The summed E-state index contributed by atoms with van der Waals surface area (Å²) in [6, 6.07) is 14.6. The molecule has 0 unspecified atom stereocenters. The molecule has 6 heteroatoms. The van der Waals surface area contributed by atoms with Crippen LogP contribution in [0.15, 0.2) is 48.5 Å². The summed E-state index contributed by atoms with van der Waals surface area (Å²) in [6.45, 7) is 4.40. The fraction of sp³-hybridized carbons (Fsp3) is 0.300. The van der Waals surface area contributed by atoms with Crippen LogP contribution in [-0.4, -0.2) is 49.4 Å². The van der Waals surface area contributed by atoms with Gasteiger partial charge in [-0.15, -0.1) is 0 Å². The summed E-state index contributed by atoms with van der Waals surface area (Å²) in [6.07, 6.45) is 0. The van der Waals surface area contributed by atoms with E-state index in [1.165, 1.54) is 0 Å². The SMILES string of the molecule is CC(=O)c1ccc(N2CCN(C(=O)COc3ccc(Cl)cc3)CC2)cc1. The number of rotatable bonds is 5. The lowest BCUT2D eigenvalue weighted by atomic mass is 10.1.